The summed E-state index contributed by atoms with van der Waals surface area (Å²) in [4.78, 5) is 4.39. The maximum absolute atomic E-state index is 8.66. The summed E-state index contributed by atoms with van der Waals surface area (Å²) in [6, 6.07) is 6.29. The zero-order chi connectivity index (χ0) is 13.0. The van der Waals surface area contributed by atoms with Gasteiger partial charge >= 0.3 is 0 Å². The van der Waals surface area contributed by atoms with Crippen LogP contribution in [-0.2, 0) is 0 Å². The van der Waals surface area contributed by atoms with Crippen molar-refractivity contribution in [2.45, 2.75) is 19.8 Å². The number of nitriles is 1. The summed E-state index contributed by atoms with van der Waals surface area (Å²) in [5, 5.41) is 17.2. The van der Waals surface area contributed by atoms with Crippen LogP contribution in [0.25, 0.3) is 0 Å². The normalized spacial score (nSPS) is 16.9. The number of anilines is 1. The molecular weight excluding hydrogens is 226 g/mol. The van der Waals surface area contributed by atoms with Crippen LogP contribution in [0.1, 0.15) is 25.5 Å². The molecule has 1 aromatic rings. The number of piperazine rings is 1. The number of aromatic nitrogens is 2. The van der Waals surface area contributed by atoms with Gasteiger partial charge in [-0.2, -0.15) is 10.4 Å². The largest absolute Gasteiger partial charge is 0.353 e. The molecule has 1 aliphatic heterocycles. The van der Waals surface area contributed by atoms with Crippen LogP contribution in [-0.4, -0.2) is 47.8 Å². The molecule has 0 amide bonds. The molecule has 5 heteroatoms. The van der Waals surface area contributed by atoms with Crippen molar-refractivity contribution in [1.29, 1.82) is 5.26 Å². The van der Waals surface area contributed by atoms with Gasteiger partial charge in [-0.25, -0.2) is 0 Å². The SMILES string of the molecule is CC(C)c1ccc(N2CCN(CC#N)CC2)nn1. The molecule has 1 aromatic heterocycles. The number of nitrogens with zero attached hydrogens (tertiary/aromatic N) is 5. The van der Waals surface area contributed by atoms with E-state index < -0.39 is 0 Å². The fourth-order valence-electron chi connectivity index (χ4n) is 2.05. The lowest BCUT2D eigenvalue weighted by molar-refractivity contribution is 0.286. The third-order valence-corrected chi connectivity index (χ3v) is 3.25. The van der Waals surface area contributed by atoms with Crippen LogP contribution in [0.5, 0.6) is 0 Å². The van der Waals surface area contributed by atoms with Crippen LogP contribution in [0.2, 0.25) is 0 Å². The third kappa shape index (κ3) is 2.96. The average Bonchev–Trinajstić information content (AvgIpc) is 2.40. The Kier molecular flexibility index (Phi) is 4.11. The molecule has 2 rings (SSSR count). The summed E-state index contributed by atoms with van der Waals surface area (Å²) in [7, 11) is 0. The van der Waals surface area contributed by atoms with Gasteiger partial charge in [0.25, 0.3) is 0 Å². The Balaban J connectivity index is 1.95. The van der Waals surface area contributed by atoms with E-state index in [4.69, 9.17) is 5.26 Å². The van der Waals surface area contributed by atoms with Crippen molar-refractivity contribution in [2.24, 2.45) is 0 Å². The van der Waals surface area contributed by atoms with Crippen molar-refractivity contribution in [2.75, 3.05) is 37.6 Å². The number of hydrogen-bond acceptors (Lipinski definition) is 5. The quantitative estimate of drug-likeness (QED) is 0.750. The van der Waals surface area contributed by atoms with Crippen LogP contribution in [0.15, 0.2) is 12.1 Å². The maximum Gasteiger partial charge on any atom is 0.151 e. The fourth-order valence-corrected chi connectivity index (χ4v) is 2.05. The Morgan fingerprint density at radius 1 is 1.22 bits per heavy atom. The van der Waals surface area contributed by atoms with E-state index in [0.29, 0.717) is 12.5 Å². The van der Waals surface area contributed by atoms with E-state index in [1.807, 2.05) is 6.07 Å². The van der Waals surface area contributed by atoms with E-state index in [1.165, 1.54) is 0 Å². The van der Waals surface area contributed by atoms with Crippen molar-refractivity contribution >= 4 is 5.82 Å². The fraction of sp³-hybridized carbons (Fsp3) is 0.615. The first-order chi connectivity index (χ1) is 8.70. The minimum absolute atomic E-state index is 0.416. The van der Waals surface area contributed by atoms with Crippen molar-refractivity contribution in [3.8, 4) is 6.07 Å². The van der Waals surface area contributed by atoms with Gasteiger partial charge in [0, 0.05) is 26.2 Å². The molecule has 1 saturated heterocycles. The van der Waals surface area contributed by atoms with Gasteiger partial charge in [-0.15, -0.1) is 5.10 Å². The molecule has 1 aliphatic rings. The topological polar surface area (TPSA) is 56.0 Å². The monoisotopic (exact) mass is 245 g/mol. The minimum Gasteiger partial charge on any atom is -0.353 e. The first-order valence-electron chi connectivity index (χ1n) is 6.38. The smallest absolute Gasteiger partial charge is 0.151 e. The highest BCUT2D eigenvalue weighted by molar-refractivity contribution is 5.38. The maximum atomic E-state index is 8.66. The molecular formula is C13H19N5. The molecule has 0 spiro atoms. The predicted molar refractivity (Wildman–Crippen MR) is 70.4 cm³/mol. The van der Waals surface area contributed by atoms with Crippen LogP contribution in [0, 0.1) is 11.3 Å². The molecule has 0 radical (unpaired) electrons. The van der Waals surface area contributed by atoms with Gasteiger partial charge in [-0.1, -0.05) is 13.8 Å². The summed E-state index contributed by atoms with van der Waals surface area (Å²) in [5.74, 6) is 1.36. The second-order valence-electron chi connectivity index (χ2n) is 4.89. The highest BCUT2D eigenvalue weighted by atomic mass is 15.3. The van der Waals surface area contributed by atoms with Gasteiger partial charge in [-0.3, -0.25) is 4.90 Å². The first kappa shape index (κ1) is 12.8. The lowest BCUT2D eigenvalue weighted by Gasteiger charge is -2.33. The third-order valence-electron chi connectivity index (χ3n) is 3.25. The highest BCUT2D eigenvalue weighted by Crippen LogP contribution is 2.15. The molecule has 0 bridgehead atoms. The Morgan fingerprint density at radius 3 is 2.44 bits per heavy atom. The van der Waals surface area contributed by atoms with Crippen LogP contribution >= 0.6 is 0 Å². The summed E-state index contributed by atoms with van der Waals surface area (Å²) in [6.07, 6.45) is 0. The molecule has 96 valence electrons. The zero-order valence-electron chi connectivity index (χ0n) is 11.0. The molecule has 0 N–H and O–H groups in total. The standard InChI is InChI=1S/C13H19N5/c1-11(2)12-3-4-13(16-15-12)18-9-7-17(6-5-14)8-10-18/h3-4,11H,6-10H2,1-2H3. The van der Waals surface area contributed by atoms with E-state index in [9.17, 15) is 0 Å². The van der Waals surface area contributed by atoms with Crippen LogP contribution in [0.4, 0.5) is 5.82 Å². The molecule has 5 nitrogen and oxygen atoms in total. The average molecular weight is 245 g/mol. The molecule has 0 unspecified atom stereocenters. The lowest BCUT2D eigenvalue weighted by Crippen LogP contribution is -2.46. The Hall–Kier alpha value is -1.67. The van der Waals surface area contributed by atoms with E-state index in [0.717, 1.165) is 37.7 Å². The van der Waals surface area contributed by atoms with E-state index in [2.05, 4.69) is 46.0 Å². The first-order valence-corrected chi connectivity index (χ1v) is 6.38. The van der Waals surface area contributed by atoms with Crippen LogP contribution in [0.3, 0.4) is 0 Å². The summed E-state index contributed by atoms with van der Waals surface area (Å²) in [5.41, 5.74) is 1.03. The number of hydrogen-bond donors (Lipinski definition) is 0. The summed E-state index contributed by atoms with van der Waals surface area (Å²) >= 11 is 0. The molecule has 0 aliphatic carbocycles. The van der Waals surface area contributed by atoms with Crippen LogP contribution < -0.4 is 4.90 Å². The van der Waals surface area contributed by atoms with Crippen molar-refractivity contribution < 1.29 is 0 Å². The minimum atomic E-state index is 0.416. The van der Waals surface area contributed by atoms with Crippen molar-refractivity contribution in [3.05, 3.63) is 17.8 Å². The Bertz CT molecular complexity index is 412. The van der Waals surface area contributed by atoms with E-state index in [1.54, 1.807) is 0 Å². The Morgan fingerprint density at radius 2 is 1.94 bits per heavy atom. The summed E-state index contributed by atoms with van der Waals surface area (Å²) in [6.45, 7) is 8.41. The van der Waals surface area contributed by atoms with Gasteiger partial charge in [0.1, 0.15) is 0 Å². The van der Waals surface area contributed by atoms with E-state index in [-0.39, 0.29) is 0 Å². The van der Waals surface area contributed by atoms with Gasteiger partial charge < -0.3 is 4.90 Å². The van der Waals surface area contributed by atoms with Crippen molar-refractivity contribution in [3.63, 3.8) is 0 Å². The Labute approximate surface area is 108 Å². The molecule has 1 fully saturated rings. The molecule has 0 saturated carbocycles. The summed E-state index contributed by atoms with van der Waals surface area (Å²) < 4.78 is 0. The highest BCUT2D eigenvalue weighted by Gasteiger charge is 2.17. The van der Waals surface area contributed by atoms with Gasteiger partial charge in [0.2, 0.25) is 0 Å². The van der Waals surface area contributed by atoms with E-state index >= 15 is 0 Å². The molecule has 0 aromatic carbocycles. The molecule has 2 heterocycles. The zero-order valence-corrected chi connectivity index (χ0v) is 11.0. The molecule has 0 atom stereocenters. The molecule has 18 heavy (non-hydrogen) atoms. The lowest BCUT2D eigenvalue weighted by atomic mass is 10.1. The predicted octanol–water partition coefficient (Wildman–Crippen LogP) is 1.25. The van der Waals surface area contributed by atoms with Gasteiger partial charge in [0.15, 0.2) is 5.82 Å². The van der Waals surface area contributed by atoms with Gasteiger partial charge in [0.05, 0.1) is 18.3 Å². The second kappa shape index (κ2) is 5.78. The number of rotatable bonds is 3. The van der Waals surface area contributed by atoms with Gasteiger partial charge in [-0.05, 0) is 18.1 Å². The van der Waals surface area contributed by atoms with Crippen molar-refractivity contribution in [1.82, 2.24) is 15.1 Å². The second-order valence-corrected chi connectivity index (χ2v) is 4.89.